The molecule has 1 aliphatic heterocycles. The number of rotatable bonds is 9. The van der Waals surface area contributed by atoms with Gasteiger partial charge in [-0.1, -0.05) is 0 Å². The van der Waals surface area contributed by atoms with E-state index < -0.39 is 5.97 Å². The smallest absolute Gasteiger partial charge is 0.337 e. The highest BCUT2D eigenvalue weighted by Crippen LogP contribution is 2.39. The number of hydrogen-bond acceptors (Lipinski definition) is 7. The van der Waals surface area contributed by atoms with Crippen molar-refractivity contribution in [3.05, 3.63) is 82.9 Å². The van der Waals surface area contributed by atoms with E-state index in [1.807, 2.05) is 24.0 Å². The third-order valence-corrected chi connectivity index (χ3v) is 6.36. The van der Waals surface area contributed by atoms with E-state index in [1.165, 1.54) is 7.11 Å². The maximum absolute atomic E-state index is 13.7. The first-order chi connectivity index (χ1) is 18.0. The number of methoxy groups -OCH3 is 3. The van der Waals surface area contributed by atoms with Gasteiger partial charge in [-0.15, -0.1) is 0 Å². The first-order valence-corrected chi connectivity index (χ1v) is 12.1. The van der Waals surface area contributed by atoms with Crippen LogP contribution in [0.15, 0.2) is 60.7 Å². The lowest BCUT2D eigenvalue weighted by Crippen LogP contribution is -2.42. The Labute approximate surface area is 216 Å². The summed E-state index contributed by atoms with van der Waals surface area (Å²) in [5.74, 6) is 2.01. The van der Waals surface area contributed by atoms with E-state index in [1.54, 1.807) is 62.8 Å². The van der Waals surface area contributed by atoms with Crippen molar-refractivity contribution >= 4 is 11.9 Å². The van der Waals surface area contributed by atoms with Gasteiger partial charge in [-0.25, -0.2) is 4.79 Å². The van der Waals surface area contributed by atoms with Crippen LogP contribution in [0.5, 0.6) is 23.0 Å². The molecule has 8 heteroatoms. The van der Waals surface area contributed by atoms with Crippen LogP contribution in [0.25, 0.3) is 0 Å². The predicted molar refractivity (Wildman–Crippen MR) is 138 cm³/mol. The Morgan fingerprint density at radius 2 is 1.43 bits per heavy atom. The lowest BCUT2D eigenvalue weighted by Gasteiger charge is -2.37. The fraction of sp³-hybridized carbons (Fsp3) is 0.310. The molecule has 0 radical (unpaired) electrons. The number of ether oxygens (including phenoxy) is 5. The minimum absolute atomic E-state index is 0.0990. The molecule has 4 rings (SSSR count). The zero-order valence-corrected chi connectivity index (χ0v) is 21.5. The van der Waals surface area contributed by atoms with Gasteiger partial charge in [-0.2, -0.15) is 0 Å². The molecule has 0 saturated heterocycles. The molecule has 3 aromatic rings. The van der Waals surface area contributed by atoms with E-state index in [0.29, 0.717) is 47.9 Å². The Hall–Kier alpha value is -4.20. The molecule has 0 unspecified atom stereocenters. The van der Waals surface area contributed by atoms with Crippen LogP contribution < -0.4 is 18.9 Å². The number of carbonyl (C=O) groups is 2. The van der Waals surface area contributed by atoms with Crippen molar-refractivity contribution in [2.45, 2.75) is 19.4 Å². The van der Waals surface area contributed by atoms with Crippen molar-refractivity contribution in [1.29, 1.82) is 0 Å². The number of fused-ring (bicyclic) bond motifs is 1. The van der Waals surface area contributed by atoms with Gasteiger partial charge in [0.25, 0.3) is 5.91 Å². The highest BCUT2D eigenvalue weighted by Gasteiger charge is 2.33. The molecule has 3 aromatic carbocycles. The highest BCUT2D eigenvalue weighted by molar-refractivity contribution is 5.95. The lowest BCUT2D eigenvalue weighted by atomic mass is 9.91. The summed E-state index contributed by atoms with van der Waals surface area (Å²) >= 11 is 0. The molecule has 37 heavy (non-hydrogen) atoms. The van der Waals surface area contributed by atoms with Crippen LogP contribution in [0.1, 0.15) is 44.8 Å². The van der Waals surface area contributed by atoms with Gasteiger partial charge >= 0.3 is 5.97 Å². The van der Waals surface area contributed by atoms with Crippen LogP contribution in [-0.2, 0) is 11.2 Å². The molecule has 0 aliphatic carbocycles. The molecule has 0 saturated carbocycles. The molecule has 194 valence electrons. The molecular formula is C29H31NO7. The summed E-state index contributed by atoms with van der Waals surface area (Å²) in [4.78, 5) is 27.2. The fourth-order valence-corrected chi connectivity index (χ4v) is 4.46. The molecule has 0 aromatic heterocycles. The van der Waals surface area contributed by atoms with E-state index >= 15 is 0 Å². The molecule has 8 nitrogen and oxygen atoms in total. The average molecular weight is 506 g/mol. The van der Waals surface area contributed by atoms with E-state index in [2.05, 4.69) is 0 Å². The number of esters is 1. The van der Waals surface area contributed by atoms with E-state index in [9.17, 15) is 9.59 Å². The zero-order chi connectivity index (χ0) is 26.4. The monoisotopic (exact) mass is 505 g/mol. The molecule has 1 aliphatic rings. The van der Waals surface area contributed by atoms with Crippen LogP contribution in [0.2, 0.25) is 0 Å². The van der Waals surface area contributed by atoms with E-state index in [-0.39, 0.29) is 18.6 Å². The Morgan fingerprint density at radius 3 is 2.03 bits per heavy atom. The summed E-state index contributed by atoms with van der Waals surface area (Å²) in [7, 11) is 4.53. The minimum Gasteiger partial charge on any atom is -0.494 e. The third-order valence-electron chi connectivity index (χ3n) is 6.36. The minimum atomic E-state index is -0.416. The van der Waals surface area contributed by atoms with Crippen molar-refractivity contribution in [2.75, 3.05) is 41.1 Å². The lowest BCUT2D eigenvalue weighted by molar-refractivity contribution is 0.0582. The van der Waals surface area contributed by atoms with Crippen molar-refractivity contribution in [2.24, 2.45) is 0 Å². The third kappa shape index (κ3) is 5.63. The largest absolute Gasteiger partial charge is 0.494 e. The van der Waals surface area contributed by atoms with Gasteiger partial charge < -0.3 is 28.6 Å². The van der Waals surface area contributed by atoms with Crippen LogP contribution in [0.4, 0.5) is 0 Å². The Balaban J connectivity index is 1.64. The standard InChI is InChI=1S/C29H31NO7/c1-5-36-22-10-6-19(7-11-22)28(31)30-15-14-21-16-26(33-2)27(34-3)17-24(21)25(30)18-37-23-12-8-20(9-13-23)29(32)35-4/h6-13,16-17,25H,5,14-15,18H2,1-4H3/t25-/m1/s1. The maximum Gasteiger partial charge on any atom is 0.337 e. The molecule has 0 spiro atoms. The van der Waals surface area contributed by atoms with Gasteiger partial charge in [0, 0.05) is 12.1 Å². The van der Waals surface area contributed by atoms with E-state index in [0.717, 1.165) is 16.9 Å². The van der Waals surface area contributed by atoms with Gasteiger partial charge in [0.05, 0.1) is 39.5 Å². The van der Waals surface area contributed by atoms with Crippen LogP contribution in [0.3, 0.4) is 0 Å². The molecule has 1 atom stereocenters. The fourth-order valence-electron chi connectivity index (χ4n) is 4.46. The first-order valence-electron chi connectivity index (χ1n) is 12.1. The van der Waals surface area contributed by atoms with Gasteiger partial charge in [0.15, 0.2) is 11.5 Å². The second-order valence-electron chi connectivity index (χ2n) is 8.45. The summed E-state index contributed by atoms with van der Waals surface area (Å²) in [5.41, 5.74) is 3.01. The van der Waals surface area contributed by atoms with Crippen molar-refractivity contribution in [1.82, 2.24) is 4.90 Å². The van der Waals surface area contributed by atoms with Crippen molar-refractivity contribution in [3.63, 3.8) is 0 Å². The second kappa shape index (κ2) is 11.7. The Morgan fingerprint density at radius 1 is 0.838 bits per heavy atom. The molecule has 1 amide bonds. The topological polar surface area (TPSA) is 83.5 Å². The van der Waals surface area contributed by atoms with Crippen molar-refractivity contribution < 1.29 is 33.3 Å². The molecule has 1 heterocycles. The quantitative estimate of drug-likeness (QED) is 0.390. The Bertz CT molecular complexity index is 1240. The SMILES string of the molecule is CCOc1ccc(C(=O)N2CCc3cc(OC)c(OC)cc3[C@H]2COc2ccc(C(=O)OC)cc2)cc1. The summed E-state index contributed by atoms with van der Waals surface area (Å²) in [5, 5.41) is 0. The zero-order valence-electron chi connectivity index (χ0n) is 21.5. The van der Waals surface area contributed by atoms with Gasteiger partial charge in [-0.3, -0.25) is 4.79 Å². The molecule has 0 N–H and O–H groups in total. The number of benzene rings is 3. The average Bonchev–Trinajstić information content (AvgIpc) is 2.95. The predicted octanol–water partition coefficient (Wildman–Crippen LogP) is 4.71. The molecular weight excluding hydrogens is 474 g/mol. The van der Waals surface area contributed by atoms with Gasteiger partial charge in [-0.05, 0) is 85.1 Å². The first kappa shape index (κ1) is 25.9. The van der Waals surface area contributed by atoms with Gasteiger partial charge in [0.1, 0.15) is 18.1 Å². The Kier molecular flexibility index (Phi) is 8.18. The number of carbonyl (C=O) groups excluding carboxylic acids is 2. The number of amides is 1. The molecule has 0 fully saturated rings. The van der Waals surface area contributed by atoms with Gasteiger partial charge in [0.2, 0.25) is 0 Å². The number of nitrogens with zero attached hydrogens (tertiary/aromatic N) is 1. The number of hydrogen-bond donors (Lipinski definition) is 0. The highest BCUT2D eigenvalue weighted by atomic mass is 16.5. The summed E-state index contributed by atoms with van der Waals surface area (Å²) in [6.45, 7) is 3.20. The van der Waals surface area contributed by atoms with Crippen molar-refractivity contribution in [3.8, 4) is 23.0 Å². The normalized spacial score (nSPS) is 14.4. The van der Waals surface area contributed by atoms with E-state index in [4.69, 9.17) is 23.7 Å². The molecule has 0 bridgehead atoms. The second-order valence-corrected chi connectivity index (χ2v) is 8.45. The van der Waals surface area contributed by atoms with Crippen LogP contribution in [0, 0.1) is 0 Å². The summed E-state index contributed by atoms with van der Waals surface area (Å²) in [6, 6.07) is 17.4. The summed E-state index contributed by atoms with van der Waals surface area (Å²) < 4.78 is 27.5. The summed E-state index contributed by atoms with van der Waals surface area (Å²) in [6.07, 6.45) is 0.669. The van der Waals surface area contributed by atoms with Crippen LogP contribution in [-0.4, -0.2) is 57.9 Å². The maximum atomic E-state index is 13.7. The van der Waals surface area contributed by atoms with Crippen LogP contribution >= 0.6 is 0 Å².